The van der Waals surface area contributed by atoms with Gasteiger partial charge in [0.15, 0.2) is 0 Å². The van der Waals surface area contributed by atoms with Crippen LogP contribution in [0.25, 0.3) is 0 Å². The van der Waals surface area contributed by atoms with Gasteiger partial charge in [-0.05, 0) is 159 Å². The summed E-state index contributed by atoms with van der Waals surface area (Å²) >= 11 is 0. The molecule has 67 heavy (non-hydrogen) atoms. The number of ether oxygens (including phenoxy) is 3. The quantitative estimate of drug-likeness (QED) is 0.0310. The maximum absolute atomic E-state index is 13.4. The third kappa shape index (κ3) is 26.1. The Morgan fingerprint density at radius 2 is 1.04 bits per heavy atom. The van der Waals surface area contributed by atoms with E-state index in [0.717, 1.165) is 41.7 Å². The second kappa shape index (κ2) is 33.2. The third-order valence-electron chi connectivity index (χ3n) is 12.3. The van der Waals surface area contributed by atoms with Crippen molar-refractivity contribution in [3.63, 3.8) is 0 Å². The van der Waals surface area contributed by atoms with Crippen molar-refractivity contribution in [3.8, 4) is 0 Å². The number of hydrogen-bond acceptors (Lipinski definition) is 7. The standard InChI is InChI=1S/C57H90N4O6/c1-44(27-29-50-48(5)24-16-31-56(50,7)8)20-14-22-46(3)42-53(62)59-34-13-12-26-52(55(64)60-35-19-37-66-39-41-67-40-38-65-36-18-33-58-11)61-54(63)43-47(4)23-15-21-45(2)28-30-51-49(6)25-17-32-57(51,9)10/h14-15,20-23,27-30,42-43,52,58H,12-13,16-19,24-26,31-41H2,1-11H3,(H,59,62)(H,60,64)(H,61,63)/b22-14+,23-15+,29-27+,30-28+,44-20+,45-21+,46-42+,47-43+/t52-/m0/s1. The summed E-state index contributed by atoms with van der Waals surface area (Å²) in [6.45, 7) is 26.7. The first-order valence-electron chi connectivity index (χ1n) is 25.0. The number of amides is 3. The number of allylic oxidation sites excluding steroid dienone is 18. The molecule has 0 saturated carbocycles. The van der Waals surface area contributed by atoms with Crippen molar-refractivity contribution in [1.82, 2.24) is 21.3 Å². The highest BCUT2D eigenvalue weighted by molar-refractivity contribution is 5.93. The Hall–Kier alpha value is -4.35. The predicted molar refractivity (Wildman–Crippen MR) is 280 cm³/mol. The first-order chi connectivity index (χ1) is 31.9. The van der Waals surface area contributed by atoms with Gasteiger partial charge in [-0.3, -0.25) is 14.4 Å². The molecule has 2 aliphatic carbocycles. The van der Waals surface area contributed by atoms with E-state index < -0.39 is 6.04 Å². The van der Waals surface area contributed by atoms with Crippen molar-refractivity contribution in [2.24, 2.45) is 10.8 Å². The molecule has 0 saturated heterocycles. The van der Waals surface area contributed by atoms with E-state index in [-0.39, 0.29) is 28.6 Å². The smallest absolute Gasteiger partial charge is 0.244 e. The molecule has 10 heteroatoms. The second-order valence-electron chi connectivity index (χ2n) is 19.6. The Morgan fingerprint density at radius 1 is 0.582 bits per heavy atom. The molecule has 0 bridgehead atoms. The van der Waals surface area contributed by atoms with Crippen molar-refractivity contribution in [2.75, 3.05) is 66.3 Å². The summed E-state index contributed by atoms with van der Waals surface area (Å²) in [5.74, 6) is -0.745. The molecular formula is C57H90N4O6. The Bertz CT molecular complexity index is 1870. The van der Waals surface area contributed by atoms with Crippen molar-refractivity contribution >= 4 is 17.7 Å². The van der Waals surface area contributed by atoms with E-state index >= 15 is 0 Å². The molecule has 0 aromatic heterocycles. The highest BCUT2D eigenvalue weighted by atomic mass is 16.5. The van der Waals surface area contributed by atoms with Crippen molar-refractivity contribution in [3.05, 3.63) is 117 Å². The minimum atomic E-state index is -0.728. The maximum atomic E-state index is 13.4. The van der Waals surface area contributed by atoms with Gasteiger partial charge in [0.2, 0.25) is 17.7 Å². The predicted octanol–water partition coefficient (Wildman–Crippen LogP) is 11.0. The minimum absolute atomic E-state index is 0.166. The number of carbonyl (C=O) groups is 3. The zero-order chi connectivity index (χ0) is 49.5. The van der Waals surface area contributed by atoms with Gasteiger partial charge in [0, 0.05) is 38.5 Å². The fourth-order valence-corrected chi connectivity index (χ4v) is 8.39. The largest absolute Gasteiger partial charge is 0.379 e. The summed E-state index contributed by atoms with van der Waals surface area (Å²) in [5.41, 5.74) is 10.1. The first-order valence-corrected chi connectivity index (χ1v) is 25.0. The lowest BCUT2D eigenvalue weighted by Crippen LogP contribution is -2.46. The van der Waals surface area contributed by atoms with E-state index in [0.29, 0.717) is 78.4 Å². The van der Waals surface area contributed by atoms with Crippen LogP contribution in [0.3, 0.4) is 0 Å². The zero-order valence-electron chi connectivity index (χ0n) is 43.6. The van der Waals surface area contributed by atoms with Crippen molar-refractivity contribution < 1.29 is 28.6 Å². The SMILES string of the molecule is CNCCCOCCOCCOCCCNC(=O)[C@H](CCCCNC(=O)/C=C(C)/C=C/C=C(C)/C=C/C1=C(C)CCCC1(C)C)NC(=O)/C=C(C)/C=C/C=C(C)/C=C/C1=C(C)CCCC1(C)C. The Morgan fingerprint density at radius 3 is 1.54 bits per heavy atom. The lowest BCUT2D eigenvalue weighted by Gasteiger charge is -2.33. The van der Waals surface area contributed by atoms with Crippen LogP contribution in [0.1, 0.15) is 140 Å². The monoisotopic (exact) mass is 927 g/mol. The van der Waals surface area contributed by atoms with Gasteiger partial charge in [-0.15, -0.1) is 0 Å². The summed E-state index contributed by atoms with van der Waals surface area (Å²) in [4.78, 5) is 39.3. The third-order valence-corrected chi connectivity index (χ3v) is 12.3. The molecule has 0 unspecified atom stereocenters. The van der Waals surface area contributed by atoms with Crippen LogP contribution in [0.5, 0.6) is 0 Å². The maximum Gasteiger partial charge on any atom is 0.244 e. The Labute approximate surface area is 406 Å². The molecule has 2 aliphatic rings. The number of unbranched alkanes of at least 4 members (excludes halogenated alkanes) is 1. The van der Waals surface area contributed by atoms with Gasteiger partial charge in [-0.2, -0.15) is 0 Å². The van der Waals surface area contributed by atoms with Crippen LogP contribution in [0.2, 0.25) is 0 Å². The molecule has 3 amide bonds. The molecule has 2 rings (SSSR count). The number of carbonyl (C=O) groups excluding carboxylic acids is 3. The van der Waals surface area contributed by atoms with Crippen LogP contribution in [-0.4, -0.2) is 90.1 Å². The number of rotatable bonds is 31. The highest BCUT2D eigenvalue weighted by Crippen LogP contribution is 2.41. The van der Waals surface area contributed by atoms with Gasteiger partial charge in [0.25, 0.3) is 0 Å². The number of nitrogens with one attached hydrogen (secondary N) is 4. The van der Waals surface area contributed by atoms with E-state index in [1.807, 2.05) is 51.3 Å². The lowest BCUT2D eigenvalue weighted by molar-refractivity contribution is -0.127. The molecule has 0 aromatic rings. The van der Waals surface area contributed by atoms with Gasteiger partial charge in [-0.25, -0.2) is 0 Å². The summed E-state index contributed by atoms with van der Waals surface area (Å²) in [7, 11) is 1.92. The molecule has 0 spiro atoms. The van der Waals surface area contributed by atoms with Gasteiger partial charge in [0.05, 0.1) is 26.4 Å². The molecule has 0 heterocycles. The second-order valence-corrected chi connectivity index (χ2v) is 19.6. The zero-order valence-corrected chi connectivity index (χ0v) is 43.6. The van der Waals surface area contributed by atoms with Crippen LogP contribution >= 0.6 is 0 Å². The fraction of sp³-hybridized carbons (Fsp3) is 0.596. The van der Waals surface area contributed by atoms with E-state index in [1.165, 1.54) is 60.5 Å². The molecule has 1 atom stereocenters. The summed E-state index contributed by atoms with van der Waals surface area (Å²) in [5, 5.41) is 12.0. The summed E-state index contributed by atoms with van der Waals surface area (Å²) in [6, 6.07) is -0.728. The first kappa shape index (κ1) is 58.8. The molecular weight excluding hydrogens is 837 g/mol. The lowest BCUT2D eigenvalue weighted by atomic mass is 9.72. The van der Waals surface area contributed by atoms with E-state index in [4.69, 9.17) is 14.2 Å². The van der Waals surface area contributed by atoms with E-state index in [1.54, 1.807) is 6.08 Å². The van der Waals surface area contributed by atoms with Crippen LogP contribution in [0, 0.1) is 10.8 Å². The van der Waals surface area contributed by atoms with Gasteiger partial charge in [-0.1, -0.05) is 111 Å². The van der Waals surface area contributed by atoms with E-state index in [2.05, 4.69) is 107 Å². The van der Waals surface area contributed by atoms with Crippen LogP contribution < -0.4 is 21.3 Å². The van der Waals surface area contributed by atoms with Crippen molar-refractivity contribution in [1.29, 1.82) is 0 Å². The topological polar surface area (TPSA) is 127 Å². The van der Waals surface area contributed by atoms with Gasteiger partial charge in [0.1, 0.15) is 6.04 Å². The Balaban J connectivity index is 1.91. The average Bonchev–Trinajstić information content (AvgIpc) is 3.25. The Kier molecular flexibility index (Phi) is 29.1. The van der Waals surface area contributed by atoms with E-state index in [9.17, 15) is 14.4 Å². The van der Waals surface area contributed by atoms with Crippen LogP contribution in [0.4, 0.5) is 0 Å². The molecule has 374 valence electrons. The molecule has 10 nitrogen and oxygen atoms in total. The van der Waals surface area contributed by atoms with Crippen LogP contribution in [0.15, 0.2) is 117 Å². The van der Waals surface area contributed by atoms with Crippen LogP contribution in [-0.2, 0) is 28.6 Å². The molecule has 0 aliphatic heterocycles. The normalized spacial score (nSPS) is 18.0. The summed E-state index contributed by atoms with van der Waals surface area (Å²) in [6.07, 6.45) is 34.4. The molecule has 4 N–H and O–H groups in total. The fourth-order valence-electron chi connectivity index (χ4n) is 8.39. The van der Waals surface area contributed by atoms with Gasteiger partial charge < -0.3 is 35.5 Å². The van der Waals surface area contributed by atoms with Gasteiger partial charge >= 0.3 is 0 Å². The highest BCUT2D eigenvalue weighted by Gasteiger charge is 2.27. The molecule has 0 fully saturated rings. The molecule has 0 radical (unpaired) electrons. The summed E-state index contributed by atoms with van der Waals surface area (Å²) < 4.78 is 16.8. The number of hydrogen-bond donors (Lipinski definition) is 4. The molecule has 0 aromatic carbocycles. The average molecular weight is 927 g/mol. The minimum Gasteiger partial charge on any atom is -0.379 e. The van der Waals surface area contributed by atoms with Crippen molar-refractivity contribution in [2.45, 2.75) is 146 Å².